The fraction of sp³-hybridized carbons (Fsp3) is 0.730. The standard InChI is InChI=1S/C37H65N9O14/c1-17(2)16-22(39)32(54)46-29(21(7)47)36(58)41-19(5)30(52)42-24(11-13-26(48)49)34(56)44-25(12-14-27(50)51)35(57)43-23(10-8-9-15-38)33(55)40-20(6)31(53)45-28(18(3)4)37(59)60/h17-25,28-29,47H,8-16,38-39H2,1-7H3,(H,40,55)(H,41,58)(H,42,52)(H,43,57)(H,44,56)(H,45,53)(H,46,54)(H,48,49)(H,50,51)(H,59,60)/t19-,20-,21+,22-,23-,24-,25-,28-,29-/m0/s1. The number of carboxylic acid groups (broad SMARTS) is 3. The molecule has 60 heavy (non-hydrogen) atoms. The van der Waals surface area contributed by atoms with E-state index in [2.05, 4.69) is 37.2 Å². The van der Waals surface area contributed by atoms with Gasteiger partial charge in [0.25, 0.3) is 0 Å². The van der Waals surface area contributed by atoms with Crippen molar-refractivity contribution in [3.63, 3.8) is 0 Å². The van der Waals surface area contributed by atoms with Crippen LogP contribution in [-0.4, -0.2) is 141 Å². The maximum Gasteiger partial charge on any atom is 0.326 e. The van der Waals surface area contributed by atoms with Crippen molar-refractivity contribution in [3.8, 4) is 0 Å². The minimum absolute atomic E-state index is 0.0301. The Bertz CT molecular complexity index is 1510. The number of nitrogens with two attached hydrogens (primary N) is 2. The van der Waals surface area contributed by atoms with Gasteiger partial charge in [0.15, 0.2) is 0 Å². The van der Waals surface area contributed by atoms with Crippen molar-refractivity contribution in [2.45, 2.75) is 154 Å². The summed E-state index contributed by atoms with van der Waals surface area (Å²) in [5, 5.41) is 54.7. The van der Waals surface area contributed by atoms with Crippen molar-refractivity contribution in [2.24, 2.45) is 23.3 Å². The molecule has 23 nitrogen and oxygen atoms in total. The average molecular weight is 860 g/mol. The first kappa shape index (κ1) is 54.6. The first-order valence-corrected chi connectivity index (χ1v) is 19.7. The molecule has 0 aromatic heterocycles. The smallest absolute Gasteiger partial charge is 0.326 e. The highest BCUT2D eigenvalue weighted by Crippen LogP contribution is 2.09. The van der Waals surface area contributed by atoms with Crippen LogP contribution in [0, 0.1) is 11.8 Å². The molecule has 15 N–H and O–H groups in total. The number of hydrogen-bond donors (Lipinski definition) is 13. The molecule has 0 aliphatic carbocycles. The normalized spacial score (nSPS) is 15.7. The first-order chi connectivity index (χ1) is 27.8. The van der Waals surface area contributed by atoms with E-state index in [1.807, 2.05) is 13.8 Å². The van der Waals surface area contributed by atoms with Gasteiger partial charge in [0.1, 0.15) is 42.3 Å². The highest BCUT2D eigenvalue weighted by atomic mass is 16.4. The van der Waals surface area contributed by atoms with E-state index in [0.717, 1.165) is 0 Å². The molecule has 0 aromatic rings. The molecule has 0 radical (unpaired) electrons. The molecule has 0 heterocycles. The number of hydrogen-bond acceptors (Lipinski definition) is 13. The summed E-state index contributed by atoms with van der Waals surface area (Å²) in [6, 6.07) is -11.2. The fourth-order valence-electron chi connectivity index (χ4n) is 5.50. The van der Waals surface area contributed by atoms with Crippen molar-refractivity contribution >= 4 is 59.3 Å². The summed E-state index contributed by atoms with van der Waals surface area (Å²) in [4.78, 5) is 127. The largest absolute Gasteiger partial charge is 0.481 e. The van der Waals surface area contributed by atoms with Gasteiger partial charge >= 0.3 is 17.9 Å². The molecule has 7 amide bonds. The molecule has 0 aliphatic rings. The molecule has 0 fully saturated rings. The molecule has 0 bridgehead atoms. The lowest BCUT2D eigenvalue weighted by atomic mass is 10.0. The van der Waals surface area contributed by atoms with Gasteiger partial charge in [-0.25, -0.2) is 4.79 Å². The Morgan fingerprint density at radius 1 is 0.500 bits per heavy atom. The van der Waals surface area contributed by atoms with E-state index in [9.17, 15) is 68.4 Å². The second-order valence-electron chi connectivity index (χ2n) is 15.3. The van der Waals surface area contributed by atoms with Crippen LogP contribution in [0.2, 0.25) is 0 Å². The Balaban J connectivity index is 6.22. The van der Waals surface area contributed by atoms with E-state index < -0.39 is 145 Å². The Morgan fingerprint density at radius 2 is 0.900 bits per heavy atom. The first-order valence-electron chi connectivity index (χ1n) is 19.7. The van der Waals surface area contributed by atoms with Gasteiger partial charge in [-0.2, -0.15) is 0 Å². The van der Waals surface area contributed by atoms with E-state index in [1.165, 1.54) is 20.8 Å². The summed E-state index contributed by atoms with van der Waals surface area (Å²) in [5.41, 5.74) is 11.5. The Labute approximate surface area is 348 Å². The SMILES string of the molecule is CC(C)C[C@H](N)C(=O)N[C@H](C(=O)N[C@@H](C)C(=O)N[C@@H](CCC(=O)O)C(=O)N[C@@H](CCC(=O)O)C(=O)N[C@@H](CCCCN)C(=O)N[C@@H](C)C(=O)N[C@H](C(=O)O)C(C)C)[C@@H](C)O. The van der Waals surface area contributed by atoms with Crippen LogP contribution < -0.4 is 48.7 Å². The maximum absolute atomic E-state index is 13.6. The van der Waals surface area contributed by atoms with Crippen LogP contribution in [0.5, 0.6) is 0 Å². The third kappa shape index (κ3) is 21.0. The van der Waals surface area contributed by atoms with Gasteiger partial charge in [0, 0.05) is 12.8 Å². The van der Waals surface area contributed by atoms with Gasteiger partial charge in [0.2, 0.25) is 41.4 Å². The van der Waals surface area contributed by atoms with Crippen LogP contribution in [0.1, 0.15) is 99.8 Å². The zero-order valence-electron chi connectivity index (χ0n) is 35.2. The monoisotopic (exact) mass is 859 g/mol. The van der Waals surface area contributed by atoms with Crippen LogP contribution in [0.15, 0.2) is 0 Å². The number of aliphatic carboxylic acids is 3. The van der Waals surface area contributed by atoms with Crippen LogP contribution in [0.25, 0.3) is 0 Å². The maximum atomic E-state index is 13.6. The zero-order chi connectivity index (χ0) is 46.4. The molecule has 0 saturated carbocycles. The van der Waals surface area contributed by atoms with E-state index in [-0.39, 0.29) is 25.3 Å². The molecule has 0 rings (SSSR count). The lowest BCUT2D eigenvalue weighted by Crippen LogP contribution is -2.60. The number of rotatable bonds is 29. The molecule has 0 aromatic carbocycles. The topological polar surface area (TPSA) is 388 Å². The predicted octanol–water partition coefficient (Wildman–Crippen LogP) is -3.23. The van der Waals surface area contributed by atoms with Crippen LogP contribution >= 0.6 is 0 Å². The molecule has 0 unspecified atom stereocenters. The summed E-state index contributed by atoms with van der Waals surface area (Å²) in [6.45, 7) is 10.7. The van der Waals surface area contributed by atoms with Crippen molar-refractivity contribution in [3.05, 3.63) is 0 Å². The van der Waals surface area contributed by atoms with Crippen molar-refractivity contribution in [1.82, 2.24) is 37.2 Å². The Hall–Kier alpha value is -5.42. The van der Waals surface area contributed by atoms with Crippen molar-refractivity contribution < 1.29 is 68.4 Å². The number of nitrogens with one attached hydrogen (secondary N) is 7. The summed E-state index contributed by atoms with van der Waals surface area (Å²) < 4.78 is 0. The van der Waals surface area contributed by atoms with Gasteiger partial charge in [-0.15, -0.1) is 0 Å². The quantitative estimate of drug-likeness (QED) is 0.0329. The molecule has 0 aliphatic heterocycles. The average Bonchev–Trinajstić information content (AvgIpc) is 3.13. The fourth-order valence-corrected chi connectivity index (χ4v) is 5.50. The van der Waals surface area contributed by atoms with E-state index in [4.69, 9.17) is 11.5 Å². The number of carbonyl (C=O) groups excluding carboxylic acids is 7. The molecular formula is C37H65N9O14. The van der Waals surface area contributed by atoms with Crippen LogP contribution in [0.3, 0.4) is 0 Å². The Kier molecular flexibility index (Phi) is 24.9. The third-order valence-electron chi connectivity index (χ3n) is 9.00. The van der Waals surface area contributed by atoms with Gasteiger partial charge in [-0.1, -0.05) is 27.7 Å². The number of amides is 7. The number of aliphatic hydroxyl groups is 1. The lowest BCUT2D eigenvalue weighted by molar-refractivity contribution is -0.143. The van der Waals surface area contributed by atoms with Gasteiger partial charge in [-0.05, 0) is 77.7 Å². The minimum atomic E-state index is -1.67. The summed E-state index contributed by atoms with van der Waals surface area (Å²) in [5.74, 6) is -11.1. The molecule has 0 spiro atoms. The zero-order valence-corrected chi connectivity index (χ0v) is 35.2. The third-order valence-corrected chi connectivity index (χ3v) is 9.00. The lowest BCUT2D eigenvalue weighted by Gasteiger charge is -2.27. The highest BCUT2D eigenvalue weighted by molar-refractivity contribution is 5.97. The van der Waals surface area contributed by atoms with E-state index in [0.29, 0.717) is 12.8 Å². The van der Waals surface area contributed by atoms with E-state index >= 15 is 0 Å². The van der Waals surface area contributed by atoms with Crippen LogP contribution in [-0.2, 0) is 47.9 Å². The number of aliphatic hydroxyl groups excluding tert-OH is 1. The molecule has 9 atom stereocenters. The number of unbranched alkanes of at least 4 members (excludes halogenated alkanes) is 1. The van der Waals surface area contributed by atoms with Crippen LogP contribution in [0.4, 0.5) is 0 Å². The summed E-state index contributed by atoms with van der Waals surface area (Å²) >= 11 is 0. The highest BCUT2D eigenvalue weighted by Gasteiger charge is 2.34. The van der Waals surface area contributed by atoms with Gasteiger partial charge in [0.05, 0.1) is 12.1 Å². The van der Waals surface area contributed by atoms with Gasteiger partial charge in [-0.3, -0.25) is 43.2 Å². The summed E-state index contributed by atoms with van der Waals surface area (Å²) in [7, 11) is 0. The van der Waals surface area contributed by atoms with E-state index in [1.54, 1.807) is 13.8 Å². The second kappa shape index (κ2) is 27.4. The molecule has 342 valence electrons. The second-order valence-corrected chi connectivity index (χ2v) is 15.3. The number of carboxylic acids is 3. The minimum Gasteiger partial charge on any atom is -0.481 e. The molecule has 0 saturated heterocycles. The Morgan fingerprint density at radius 3 is 1.30 bits per heavy atom. The predicted molar refractivity (Wildman–Crippen MR) is 213 cm³/mol. The molecule has 23 heteroatoms. The number of carbonyl (C=O) groups is 10. The van der Waals surface area contributed by atoms with Crippen molar-refractivity contribution in [1.29, 1.82) is 0 Å². The molecular weight excluding hydrogens is 794 g/mol. The van der Waals surface area contributed by atoms with Crippen molar-refractivity contribution in [2.75, 3.05) is 6.54 Å². The summed E-state index contributed by atoms with van der Waals surface area (Å²) in [6.07, 6.45) is -2.89. The van der Waals surface area contributed by atoms with Gasteiger partial charge < -0.3 is 69.1 Å².